The zero-order valence-electron chi connectivity index (χ0n) is 18.3. The Kier molecular flexibility index (Phi) is 7.21. The average Bonchev–Trinajstić information content (AvgIpc) is 3.41. The minimum absolute atomic E-state index is 0.146. The van der Waals surface area contributed by atoms with E-state index in [1.165, 1.54) is 23.1 Å². The van der Waals surface area contributed by atoms with Gasteiger partial charge in [0.15, 0.2) is 16.1 Å². The number of hydrogen-bond donors (Lipinski definition) is 1. The summed E-state index contributed by atoms with van der Waals surface area (Å²) < 4.78 is 7.16. The molecule has 0 fully saturated rings. The van der Waals surface area contributed by atoms with Gasteiger partial charge in [0.05, 0.1) is 18.6 Å². The SMILES string of the molecule is C=CCn1c(SCC(=O)Nc2nc(-c3ccccc3)c(C)s2)nnc1-c1ccc(OC)cc1. The molecule has 4 aromatic rings. The van der Waals surface area contributed by atoms with Gasteiger partial charge < -0.3 is 10.1 Å². The molecule has 33 heavy (non-hydrogen) atoms. The van der Waals surface area contributed by atoms with Gasteiger partial charge >= 0.3 is 0 Å². The van der Waals surface area contributed by atoms with Crippen LogP contribution in [0.4, 0.5) is 5.13 Å². The van der Waals surface area contributed by atoms with E-state index in [1.807, 2.05) is 66.1 Å². The van der Waals surface area contributed by atoms with E-state index in [1.54, 1.807) is 13.2 Å². The maximum Gasteiger partial charge on any atom is 0.236 e. The first kappa shape index (κ1) is 22.8. The van der Waals surface area contributed by atoms with Crippen LogP contribution < -0.4 is 10.1 Å². The van der Waals surface area contributed by atoms with Gasteiger partial charge in [-0.3, -0.25) is 9.36 Å². The normalized spacial score (nSPS) is 10.7. The summed E-state index contributed by atoms with van der Waals surface area (Å²) in [6.07, 6.45) is 1.78. The molecule has 0 atom stereocenters. The van der Waals surface area contributed by atoms with Gasteiger partial charge in [-0.1, -0.05) is 48.2 Å². The molecule has 168 valence electrons. The van der Waals surface area contributed by atoms with E-state index in [4.69, 9.17) is 4.74 Å². The number of methoxy groups -OCH3 is 1. The number of thiazole rings is 1. The van der Waals surface area contributed by atoms with Crippen LogP contribution in [0.15, 0.2) is 72.4 Å². The van der Waals surface area contributed by atoms with Gasteiger partial charge in [0.1, 0.15) is 5.75 Å². The fourth-order valence-electron chi connectivity index (χ4n) is 3.24. The van der Waals surface area contributed by atoms with Crippen molar-refractivity contribution in [2.45, 2.75) is 18.6 Å². The van der Waals surface area contributed by atoms with E-state index in [0.29, 0.717) is 22.7 Å². The largest absolute Gasteiger partial charge is 0.497 e. The lowest BCUT2D eigenvalue weighted by Crippen LogP contribution is -2.14. The molecule has 0 aliphatic rings. The van der Waals surface area contributed by atoms with E-state index in [2.05, 4.69) is 27.1 Å². The topological polar surface area (TPSA) is 81.9 Å². The van der Waals surface area contributed by atoms with Crippen molar-refractivity contribution in [3.63, 3.8) is 0 Å². The Balaban J connectivity index is 1.44. The molecular formula is C24H23N5O2S2. The zero-order chi connectivity index (χ0) is 23.2. The van der Waals surface area contributed by atoms with Crippen molar-refractivity contribution in [1.82, 2.24) is 19.7 Å². The highest BCUT2D eigenvalue weighted by Crippen LogP contribution is 2.31. The summed E-state index contributed by atoms with van der Waals surface area (Å²) in [4.78, 5) is 18.3. The molecule has 0 unspecified atom stereocenters. The number of allylic oxidation sites excluding steroid dienone is 1. The third kappa shape index (κ3) is 5.32. The van der Waals surface area contributed by atoms with Crippen LogP contribution in [0, 0.1) is 6.92 Å². The number of anilines is 1. The summed E-state index contributed by atoms with van der Waals surface area (Å²) in [5, 5.41) is 12.8. The van der Waals surface area contributed by atoms with Crippen molar-refractivity contribution in [3.8, 4) is 28.4 Å². The summed E-state index contributed by atoms with van der Waals surface area (Å²) in [5.74, 6) is 1.53. The van der Waals surface area contributed by atoms with Crippen molar-refractivity contribution in [3.05, 3.63) is 72.1 Å². The number of carbonyl (C=O) groups excluding carboxylic acids is 1. The predicted molar refractivity (Wildman–Crippen MR) is 134 cm³/mol. The molecule has 0 radical (unpaired) electrons. The van der Waals surface area contributed by atoms with Crippen molar-refractivity contribution in [2.24, 2.45) is 0 Å². The number of carbonyl (C=O) groups is 1. The fourth-order valence-corrected chi connectivity index (χ4v) is 4.84. The number of hydrogen-bond acceptors (Lipinski definition) is 7. The van der Waals surface area contributed by atoms with E-state index >= 15 is 0 Å². The second-order valence-corrected chi connectivity index (χ2v) is 9.21. The minimum Gasteiger partial charge on any atom is -0.497 e. The summed E-state index contributed by atoms with van der Waals surface area (Å²) in [5.41, 5.74) is 2.83. The third-order valence-electron chi connectivity index (χ3n) is 4.80. The molecule has 0 aliphatic carbocycles. The number of rotatable bonds is 9. The Morgan fingerprint density at radius 2 is 1.91 bits per heavy atom. The van der Waals surface area contributed by atoms with Gasteiger partial charge in [-0.25, -0.2) is 4.98 Å². The maximum absolute atomic E-state index is 12.6. The van der Waals surface area contributed by atoms with E-state index < -0.39 is 0 Å². The number of amides is 1. The van der Waals surface area contributed by atoms with Crippen molar-refractivity contribution < 1.29 is 9.53 Å². The molecular weight excluding hydrogens is 454 g/mol. The monoisotopic (exact) mass is 477 g/mol. The number of ether oxygens (including phenoxy) is 1. The number of thioether (sulfide) groups is 1. The second kappa shape index (κ2) is 10.5. The first-order chi connectivity index (χ1) is 16.1. The molecule has 2 aromatic carbocycles. The average molecular weight is 478 g/mol. The van der Waals surface area contributed by atoms with Crippen molar-refractivity contribution in [1.29, 1.82) is 0 Å². The van der Waals surface area contributed by atoms with Crippen LogP contribution in [-0.4, -0.2) is 38.5 Å². The summed E-state index contributed by atoms with van der Waals surface area (Å²) in [6, 6.07) is 17.6. The van der Waals surface area contributed by atoms with Crippen LogP contribution in [0.25, 0.3) is 22.6 Å². The Bertz CT molecular complexity index is 1250. The van der Waals surface area contributed by atoms with Crippen molar-refractivity contribution in [2.75, 3.05) is 18.2 Å². The van der Waals surface area contributed by atoms with Crippen LogP contribution in [0.3, 0.4) is 0 Å². The highest BCUT2D eigenvalue weighted by Gasteiger charge is 2.16. The van der Waals surface area contributed by atoms with Gasteiger partial charge in [-0.05, 0) is 31.2 Å². The highest BCUT2D eigenvalue weighted by molar-refractivity contribution is 7.99. The van der Waals surface area contributed by atoms with E-state index in [-0.39, 0.29) is 11.7 Å². The molecule has 4 rings (SSSR count). The molecule has 2 aromatic heterocycles. The summed E-state index contributed by atoms with van der Waals surface area (Å²) >= 11 is 2.79. The number of aromatic nitrogens is 4. The van der Waals surface area contributed by atoms with E-state index in [9.17, 15) is 4.79 Å². The molecule has 0 aliphatic heterocycles. The maximum atomic E-state index is 12.6. The van der Waals surface area contributed by atoms with Crippen LogP contribution in [0.1, 0.15) is 4.88 Å². The number of nitrogens with one attached hydrogen (secondary N) is 1. The lowest BCUT2D eigenvalue weighted by atomic mass is 10.1. The minimum atomic E-state index is -0.146. The first-order valence-electron chi connectivity index (χ1n) is 10.2. The summed E-state index contributed by atoms with van der Waals surface area (Å²) in [7, 11) is 1.63. The Morgan fingerprint density at radius 3 is 2.61 bits per heavy atom. The molecule has 0 saturated heterocycles. The van der Waals surface area contributed by atoms with Crippen LogP contribution >= 0.6 is 23.1 Å². The molecule has 0 saturated carbocycles. The first-order valence-corrected chi connectivity index (χ1v) is 12.0. The molecule has 0 spiro atoms. The molecule has 1 amide bonds. The Hall–Kier alpha value is -3.43. The number of benzene rings is 2. The summed E-state index contributed by atoms with van der Waals surface area (Å²) in [6.45, 7) is 6.37. The van der Waals surface area contributed by atoms with Gasteiger partial charge in [-0.2, -0.15) is 0 Å². The number of nitrogens with zero attached hydrogens (tertiary/aromatic N) is 4. The van der Waals surface area contributed by atoms with Crippen LogP contribution in [0.5, 0.6) is 5.75 Å². The smallest absolute Gasteiger partial charge is 0.236 e. The van der Waals surface area contributed by atoms with Crippen molar-refractivity contribution >= 4 is 34.1 Å². The zero-order valence-corrected chi connectivity index (χ0v) is 19.9. The highest BCUT2D eigenvalue weighted by atomic mass is 32.2. The van der Waals surface area contributed by atoms with Crippen LogP contribution in [0.2, 0.25) is 0 Å². The molecule has 0 bridgehead atoms. The van der Waals surface area contributed by atoms with E-state index in [0.717, 1.165) is 27.4 Å². The molecule has 1 N–H and O–H groups in total. The third-order valence-corrected chi connectivity index (χ3v) is 6.65. The Labute approximate surface area is 200 Å². The Morgan fingerprint density at radius 1 is 1.15 bits per heavy atom. The number of aryl methyl sites for hydroxylation is 1. The molecule has 7 nitrogen and oxygen atoms in total. The second-order valence-electron chi connectivity index (χ2n) is 7.06. The van der Waals surface area contributed by atoms with Gasteiger partial charge in [0, 0.05) is 22.5 Å². The molecule has 9 heteroatoms. The van der Waals surface area contributed by atoms with Gasteiger partial charge in [0.25, 0.3) is 0 Å². The predicted octanol–water partition coefficient (Wildman–Crippen LogP) is 5.30. The molecule has 2 heterocycles. The van der Waals surface area contributed by atoms with Crippen LogP contribution in [-0.2, 0) is 11.3 Å². The quantitative estimate of drug-likeness (QED) is 0.260. The lowest BCUT2D eigenvalue weighted by molar-refractivity contribution is -0.113. The van der Waals surface area contributed by atoms with Gasteiger partial charge in [0.2, 0.25) is 5.91 Å². The van der Waals surface area contributed by atoms with Gasteiger partial charge in [-0.15, -0.1) is 28.1 Å². The lowest BCUT2D eigenvalue weighted by Gasteiger charge is -2.08. The fraction of sp³-hybridized carbons (Fsp3) is 0.167. The standard InChI is InChI=1S/C24H23N5O2S2/c1-4-14-29-22(18-10-12-19(31-3)13-11-18)27-28-24(29)32-15-20(30)25-23-26-21(16(2)33-23)17-8-6-5-7-9-17/h4-13H,1,14-15H2,2-3H3,(H,25,26,30).